The molecule has 0 radical (unpaired) electrons. The van der Waals surface area contributed by atoms with Gasteiger partial charge in [-0.3, -0.25) is 4.79 Å². The second-order valence-electron chi connectivity index (χ2n) is 3.19. The van der Waals surface area contributed by atoms with Gasteiger partial charge in [-0.2, -0.15) is 0 Å². The fourth-order valence-electron chi connectivity index (χ4n) is 1.44. The van der Waals surface area contributed by atoms with Crippen LogP contribution in [0.5, 0.6) is 5.75 Å². The summed E-state index contributed by atoms with van der Waals surface area (Å²) >= 11 is 3.13. The summed E-state index contributed by atoms with van der Waals surface area (Å²) in [4.78, 5) is 14.0. The lowest BCUT2D eigenvalue weighted by Gasteiger charge is -1.96. The van der Waals surface area contributed by atoms with Gasteiger partial charge in [-0.05, 0) is 28.1 Å². The molecule has 78 valence electrons. The first kappa shape index (κ1) is 10.2. The van der Waals surface area contributed by atoms with Gasteiger partial charge in [-0.1, -0.05) is 0 Å². The van der Waals surface area contributed by atoms with Crippen molar-refractivity contribution in [1.29, 1.82) is 0 Å². The zero-order valence-corrected chi connectivity index (χ0v) is 9.35. The van der Waals surface area contributed by atoms with Crippen LogP contribution in [0.15, 0.2) is 16.6 Å². The topological polar surface area (TPSA) is 53.1 Å². The molecule has 1 aromatic heterocycles. The van der Waals surface area contributed by atoms with E-state index in [2.05, 4.69) is 20.9 Å². The molecule has 2 rings (SSSR count). The molecule has 0 amide bonds. The second-order valence-corrected chi connectivity index (χ2v) is 3.98. The van der Waals surface area contributed by atoms with E-state index in [1.165, 1.54) is 19.1 Å². The number of fused-ring (bicyclic) bond motifs is 1. The van der Waals surface area contributed by atoms with Crippen LogP contribution in [0.1, 0.15) is 17.4 Å². The quantitative estimate of drug-likeness (QED) is 0.784. The lowest BCUT2D eigenvalue weighted by Crippen LogP contribution is -1.91. The number of rotatable bonds is 1. The van der Waals surface area contributed by atoms with Gasteiger partial charge in [0.1, 0.15) is 0 Å². The highest BCUT2D eigenvalue weighted by atomic mass is 79.9. The predicted molar refractivity (Wildman–Crippen MR) is 57.6 cm³/mol. The number of nitrogens with one attached hydrogen (secondary N) is 1. The van der Waals surface area contributed by atoms with Crippen LogP contribution in [-0.2, 0) is 0 Å². The number of Topliss-reactive ketones (excluding diaryl/α,β-unsaturated/α-hetero) is 1. The number of carbonyl (C=O) groups is 1. The minimum atomic E-state index is -0.733. The fraction of sp³-hybridized carbons (Fsp3) is 0.100. The van der Waals surface area contributed by atoms with Crippen LogP contribution in [0.2, 0.25) is 0 Å². The molecule has 0 spiro atoms. The lowest BCUT2D eigenvalue weighted by atomic mass is 10.2. The van der Waals surface area contributed by atoms with E-state index in [-0.39, 0.29) is 11.2 Å². The molecule has 2 N–H and O–H groups in total. The minimum absolute atomic E-state index is 0.195. The van der Waals surface area contributed by atoms with Gasteiger partial charge in [-0.15, -0.1) is 0 Å². The molecule has 0 saturated carbocycles. The van der Waals surface area contributed by atoms with Crippen molar-refractivity contribution in [1.82, 2.24) is 4.98 Å². The standard InChI is InChI=1S/C10H7BrFNO2/c1-4(14)10-8(11)7-5(13-10)2-3-6(15)9(7)12/h2-3,13,15H,1H3. The highest BCUT2D eigenvalue weighted by molar-refractivity contribution is 9.10. The van der Waals surface area contributed by atoms with Gasteiger partial charge in [0.05, 0.1) is 21.1 Å². The molecule has 0 bridgehead atoms. The first-order valence-corrected chi connectivity index (χ1v) is 5.01. The van der Waals surface area contributed by atoms with E-state index >= 15 is 0 Å². The van der Waals surface area contributed by atoms with Crippen molar-refractivity contribution >= 4 is 32.6 Å². The molecular formula is C10H7BrFNO2. The van der Waals surface area contributed by atoms with E-state index in [0.29, 0.717) is 15.7 Å². The Morgan fingerprint density at radius 2 is 2.20 bits per heavy atom. The van der Waals surface area contributed by atoms with Gasteiger partial charge in [0.15, 0.2) is 17.3 Å². The van der Waals surface area contributed by atoms with E-state index in [9.17, 15) is 14.3 Å². The smallest absolute Gasteiger partial charge is 0.177 e. The van der Waals surface area contributed by atoms with Gasteiger partial charge >= 0.3 is 0 Å². The third-order valence-corrected chi connectivity index (χ3v) is 2.97. The number of hydrogen-bond donors (Lipinski definition) is 2. The number of benzene rings is 1. The number of halogens is 2. The van der Waals surface area contributed by atoms with Gasteiger partial charge < -0.3 is 10.1 Å². The van der Waals surface area contributed by atoms with Crippen molar-refractivity contribution in [2.24, 2.45) is 0 Å². The van der Waals surface area contributed by atoms with Crippen LogP contribution >= 0.6 is 15.9 Å². The molecule has 0 aliphatic rings. The Morgan fingerprint density at radius 1 is 1.53 bits per heavy atom. The van der Waals surface area contributed by atoms with Crippen molar-refractivity contribution in [2.75, 3.05) is 0 Å². The summed E-state index contributed by atoms with van der Waals surface area (Å²) in [5.74, 6) is -1.36. The number of aromatic hydroxyl groups is 1. The van der Waals surface area contributed by atoms with Crippen molar-refractivity contribution in [3.63, 3.8) is 0 Å². The van der Waals surface area contributed by atoms with Crippen molar-refractivity contribution < 1.29 is 14.3 Å². The molecule has 0 fully saturated rings. The predicted octanol–water partition coefficient (Wildman–Crippen LogP) is 2.98. The van der Waals surface area contributed by atoms with E-state index < -0.39 is 11.6 Å². The zero-order valence-electron chi connectivity index (χ0n) is 7.77. The summed E-state index contributed by atoms with van der Waals surface area (Å²) in [6, 6.07) is 2.76. The number of phenolic OH excluding ortho intramolecular Hbond substituents is 1. The number of ketones is 1. The first-order chi connectivity index (χ1) is 7.02. The molecular weight excluding hydrogens is 265 g/mol. The maximum Gasteiger partial charge on any atom is 0.177 e. The number of aromatic amines is 1. The van der Waals surface area contributed by atoms with Crippen LogP contribution in [0.3, 0.4) is 0 Å². The molecule has 0 saturated heterocycles. The third kappa shape index (κ3) is 1.43. The van der Waals surface area contributed by atoms with Crippen LogP contribution in [0.4, 0.5) is 4.39 Å². The molecule has 1 aromatic carbocycles. The highest BCUT2D eigenvalue weighted by Gasteiger charge is 2.17. The van der Waals surface area contributed by atoms with Crippen LogP contribution < -0.4 is 0 Å². The summed E-state index contributed by atoms with van der Waals surface area (Å²) in [5, 5.41) is 9.39. The van der Waals surface area contributed by atoms with E-state index in [1.807, 2.05) is 0 Å². The Hall–Kier alpha value is -1.36. The van der Waals surface area contributed by atoms with E-state index in [0.717, 1.165) is 0 Å². The number of hydrogen-bond acceptors (Lipinski definition) is 2. The summed E-state index contributed by atoms with van der Waals surface area (Å²) in [6.07, 6.45) is 0. The fourth-order valence-corrected chi connectivity index (χ4v) is 2.21. The average molecular weight is 272 g/mol. The third-order valence-electron chi connectivity index (χ3n) is 2.17. The molecule has 0 aliphatic heterocycles. The summed E-state index contributed by atoms with van der Waals surface area (Å²) < 4.78 is 13.9. The molecule has 2 aromatic rings. The Kier molecular flexibility index (Phi) is 2.26. The molecule has 15 heavy (non-hydrogen) atoms. The largest absolute Gasteiger partial charge is 0.505 e. The summed E-state index contributed by atoms with van der Waals surface area (Å²) in [6.45, 7) is 1.38. The maximum absolute atomic E-state index is 13.5. The first-order valence-electron chi connectivity index (χ1n) is 4.22. The molecule has 0 aliphatic carbocycles. The number of phenols is 1. The SMILES string of the molecule is CC(=O)c1[nH]c2ccc(O)c(F)c2c1Br. The molecule has 5 heteroatoms. The van der Waals surface area contributed by atoms with Crippen LogP contribution in [0.25, 0.3) is 10.9 Å². The minimum Gasteiger partial charge on any atom is -0.505 e. The van der Waals surface area contributed by atoms with Gasteiger partial charge in [0.2, 0.25) is 0 Å². The van der Waals surface area contributed by atoms with Gasteiger partial charge in [0.25, 0.3) is 0 Å². The highest BCUT2D eigenvalue weighted by Crippen LogP contribution is 2.33. The van der Waals surface area contributed by atoms with Crippen LogP contribution in [0, 0.1) is 5.82 Å². The van der Waals surface area contributed by atoms with Crippen molar-refractivity contribution in [3.05, 3.63) is 28.1 Å². The summed E-state index contributed by atoms with van der Waals surface area (Å²) in [7, 11) is 0. The van der Waals surface area contributed by atoms with Gasteiger partial charge in [-0.25, -0.2) is 4.39 Å². The Bertz CT molecular complexity index is 562. The van der Waals surface area contributed by atoms with Gasteiger partial charge in [0, 0.05) is 6.92 Å². The zero-order chi connectivity index (χ0) is 11.2. The average Bonchev–Trinajstić information content (AvgIpc) is 2.50. The second kappa shape index (κ2) is 3.34. The Morgan fingerprint density at radius 3 is 2.80 bits per heavy atom. The molecule has 1 heterocycles. The van der Waals surface area contributed by atoms with E-state index in [4.69, 9.17) is 0 Å². The molecule has 0 unspecified atom stereocenters. The normalized spacial score (nSPS) is 10.9. The maximum atomic E-state index is 13.5. The summed E-state index contributed by atoms with van der Waals surface area (Å²) in [5.41, 5.74) is 0.775. The van der Waals surface area contributed by atoms with Crippen molar-refractivity contribution in [3.8, 4) is 5.75 Å². The lowest BCUT2D eigenvalue weighted by molar-refractivity contribution is 0.101. The Balaban J connectivity index is 2.89. The molecule has 0 atom stereocenters. The molecule has 3 nitrogen and oxygen atoms in total. The van der Waals surface area contributed by atoms with Crippen LogP contribution in [-0.4, -0.2) is 15.9 Å². The Labute approximate surface area is 93.0 Å². The van der Waals surface area contributed by atoms with E-state index in [1.54, 1.807) is 0 Å². The van der Waals surface area contributed by atoms with Crippen molar-refractivity contribution in [2.45, 2.75) is 6.92 Å². The number of carbonyl (C=O) groups excluding carboxylic acids is 1. The number of H-pyrrole nitrogens is 1. The number of aromatic nitrogens is 1. The monoisotopic (exact) mass is 271 g/mol.